The van der Waals surface area contributed by atoms with Crippen LogP contribution in [0.5, 0.6) is 0 Å². The van der Waals surface area contributed by atoms with Crippen molar-refractivity contribution < 1.29 is 4.42 Å². The fourth-order valence-corrected chi connectivity index (χ4v) is 8.21. The van der Waals surface area contributed by atoms with E-state index in [2.05, 4.69) is 100 Å². The first-order chi connectivity index (χ1) is 29.2. The summed E-state index contributed by atoms with van der Waals surface area (Å²) in [7, 11) is 0. The van der Waals surface area contributed by atoms with Gasteiger partial charge in [0.25, 0.3) is 0 Å². The minimum absolute atomic E-state index is 0.467. The van der Waals surface area contributed by atoms with Gasteiger partial charge in [-0.2, -0.15) is 5.26 Å². The number of rotatable bonds is 7. The Hall–Kier alpha value is -8.34. The van der Waals surface area contributed by atoms with Crippen LogP contribution in [0, 0.1) is 11.3 Å². The molecule has 0 aliphatic rings. The Morgan fingerprint density at radius 1 is 0.492 bits per heavy atom. The van der Waals surface area contributed by atoms with Crippen LogP contribution >= 0.6 is 0 Å². The number of aromatic nitrogens is 4. The first-order valence-corrected chi connectivity index (χ1v) is 19.4. The third-order valence-electron chi connectivity index (χ3n) is 10.8. The van der Waals surface area contributed by atoms with E-state index in [1.54, 1.807) is 0 Å². The number of furan rings is 1. The van der Waals surface area contributed by atoms with Crippen LogP contribution in [0.15, 0.2) is 199 Å². The van der Waals surface area contributed by atoms with Crippen LogP contribution in [0.25, 0.3) is 83.6 Å². The van der Waals surface area contributed by atoms with Gasteiger partial charge in [0.05, 0.1) is 33.4 Å². The zero-order valence-electron chi connectivity index (χ0n) is 31.6. The van der Waals surface area contributed by atoms with Gasteiger partial charge in [0.1, 0.15) is 17.2 Å². The van der Waals surface area contributed by atoms with E-state index in [4.69, 9.17) is 19.4 Å². The smallest absolute Gasteiger partial charge is 0.164 e. The standard InChI is InChI=1S/C52H32N6O/c53-33-37-31-36(52-55-50(34-17-5-1-6-18-34)54-51(56-52)35-19-7-2-8-20-35)29-30-43(37)58-44-27-15-13-26-41(44)47-48(58)45(32-42-40-25-14-16-28-46(40)59-49(42)47)57(38-21-9-3-10-22-38)39-23-11-4-12-24-39/h1-32H. The van der Waals surface area contributed by atoms with Crippen molar-refractivity contribution in [1.82, 2.24) is 19.5 Å². The van der Waals surface area contributed by atoms with Crippen molar-refractivity contribution in [2.24, 2.45) is 0 Å². The molecule has 0 unspecified atom stereocenters. The first kappa shape index (κ1) is 34.0. The molecule has 3 heterocycles. The van der Waals surface area contributed by atoms with E-state index >= 15 is 0 Å². The Balaban J connectivity index is 1.21. The highest BCUT2D eigenvalue weighted by Gasteiger charge is 2.27. The predicted molar refractivity (Wildman–Crippen MR) is 237 cm³/mol. The Bertz CT molecular complexity index is 3290. The lowest BCUT2D eigenvalue weighted by molar-refractivity contribution is 0.673. The summed E-state index contributed by atoms with van der Waals surface area (Å²) in [5, 5.41) is 15.1. The SMILES string of the molecule is N#Cc1cc(-c2nc(-c3ccccc3)nc(-c3ccccc3)n2)ccc1-n1c2ccccc2c2c3oc4ccccc4c3cc(N(c3ccccc3)c3ccccc3)c21. The summed E-state index contributed by atoms with van der Waals surface area (Å²) < 4.78 is 8.99. The molecule has 7 heteroatoms. The molecule has 0 aliphatic heterocycles. The van der Waals surface area contributed by atoms with Crippen molar-refractivity contribution in [3.05, 3.63) is 200 Å². The molecule has 11 rings (SSSR count). The highest BCUT2D eigenvalue weighted by molar-refractivity contribution is 6.27. The van der Waals surface area contributed by atoms with E-state index in [-0.39, 0.29) is 0 Å². The van der Waals surface area contributed by atoms with Crippen molar-refractivity contribution in [2.75, 3.05) is 4.90 Å². The van der Waals surface area contributed by atoms with Crippen LogP contribution in [0.2, 0.25) is 0 Å². The monoisotopic (exact) mass is 756 g/mol. The number of nitriles is 1. The van der Waals surface area contributed by atoms with Gasteiger partial charge < -0.3 is 13.9 Å². The molecule has 0 spiro atoms. The molecule has 0 fully saturated rings. The van der Waals surface area contributed by atoms with Gasteiger partial charge in [0.15, 0.2) is 17.5 Å². The topological polar surface area (TPSA) is 83.8 Å². The largest absolute Gasteiger partial charge is 0.455 e. The molecule has 0 amide bonds. The van der Waals surface area contributed by atoms with Gasteiger partial charge in [-0.3, -0.25) is 0 Å². The first-order valence-electron chi connectivity index (χ1n) is 19.4. The minimum Gasteiger partial charge on any atom is -0.455 e. The van der Waals surface area contributed by atoms with E-state index in [0.717, 1.165) is 77.6 Å². The molecule has 0 atom stereocenters. The van der Waals surface area contributed by atoms with Crippen LogP contribution in [-0.2, 0) is 0 Å². The average molecular weight is 757 g/mol. The van der Waals surface area contributed by atoms with Gasteiger partial charge in [-0.15, -0.1) is 0 Å². The molecule has 0 N–H and O–H groups in total. The molecule has 276 valence electrons. The number of nitrogens with zero attached hydrogens (tertiary/aromatic N) is 6. The number of para-hydroxylation sites is 4. The Morgan fingerprint density at radius 3 is 1.63 bits per heavy atom. The zero-order valence-corrected chi connectivity index (χ0v) is 31.6. The number of fused-ring (bicyclic) bond motifs is 7. The van der Waals surface area contributed by atoms with Crippen molar-refractivity contribution in [2.45, 2.75) is 0 Å². The van der Waals surface area contributed by atoms with E-state index in [1.165, 1.54) is 0 Å². The summed E-state index contributed by atoms with van der Waals surface area (Å²) in [5.74, 6) is 1.59. The maximum absolute atomic E-state index is 11.1. The van der Waals surface area contributed by atoms with E-state index in [1.807, 2.05) is 109 Å². The summed E-state index contributed by atoms with van der Waals surface area (Å²) in [6, 6.07) is 67.8. The zero-order chi connectivity index (χ0) is 39.3. The molecule has 3 aromatic heterocycles. The molecular formula is C52H32N6O. The van der Waals surface area contributed by atoms with E-state index < -0.39 is 0 Å². The van der Waals surface area contributed by atoms with Crippen LogP contribution in [-0.4, -0.2) is 19.5 Å². The molecule has 7 nitrogen and oxygen atoms in total. The summed E-state index contributed by atoms with van der Waals surface area (Å²) >= 11 is 0. The van der Waals surface area contributed by atoms with Crippen LogP contribution in [0.4, 0.5) is 17.1 Å². The maximum Gasteiger partial charge on any atom is 0.164 e. The van der Waals surface area contributed by atoms with Gasteiger partial charge in [0, 0.05) is 44.2 Å². The van der Waals surface area contributed by atoms with E-state index in [9.17, 15) is 5.26 Å². The highest BCUT2D eigenvalue weighted by atomic mass is 16.3. The number of benzene rings is 8. The molecule has 0 aliphatic carbocycles. The second-order valence-electron chi connectivity index (χ2n) is 14.3. The molecule has 11 aromatic rings. The summed E-state index contributed by atoms with van der Waals surface area (Å²) in [6.07, 6.45) is 0. The fourth-order valence-electron chi connectivity index (χ4n) is 8.21. The van der Waals surface area contributed by atoms with Crippen LogP contribution in [0.1, 0.15) is 5.56 Å². The Labute approximate surface area is 339 Å². The fraction of sp³-hybridized carbons (Fsp3) is 0. The lowest BCUT2D eigenvalue weighted by Gasteiger charge is -2.27. The Morgan fingerprint density at radius 2 is 1.02 bits per heavy atom. The second-order valence-corrected chi connectivity index (χ2v) is 14.3. The van der Waals surface area contributed by atoms with Crippen molar-refractivity contribution in [3.63, 3.8) is 0 Å². The van der Waals surface area contributed by atoms with Gasteiger partial charge in [-0.25, -0.2) is 15.0 Å². The lowest BCUT2D eigenvalue weighted by Crippen LogP contribution is -2.12. The lowest BCUT2D eigenvalue weighted by atomic mass is 10.0. The summed E-state index contributed by atoms with van der Waals surface area (Å²) in [4.78, 5) is 17.1. The molecule has 0 saturated heterocycles. The molecule has 0 radical (unpaired) electrons. The maximum atomic E-state index is 11.1. The number of hydrogen-bond donors (Lipinski definition) is 0. The predicted octanol–water partition coefficient (Wildman–Crippen LogP) is 13.2. The quantitative estimate of drug-likeness (QED) is 0.161. The summed E-state index contributed by atoms with van der Waals surface area (Å²) in [6.45, 7) is 0. The molecule has 0 bridgehead atoms. The number of hydrogen-bond acceptors (Lipinski definition) is 6. The minimum atomic E-state index is 0.467. The Kier molecular flexibility index (Phi) is 8.05. The summed E-state index contributed by atoms with van der Waals surface area (Å²) in [5.41, 5.74) is 10.1. The van der Waals surface area contributed by atoms with Crippen molar-refractivity contribution in [1.29, 1.82) is 5.26 Å². The van der Waals surface area contributed by atoms with Crippen LogP contribution in [0.3, 0.4) is 0 Å². The van der Waals surface area contributed by atoms with Gasteiger partial charge in [0.2, 0.25) is 0 Å². The second kappa shape index (κ2) is 14.0. The van der Waals surface area contributed by atoms with Gasteiger partial charge >= 0.3 is 0 Å². The normalized spacial score (nSPS) is 11.4. The molecular weight excluding hydrogens is 725 g/mol. The highest BCUT2D eigenvalue weighted by Crippen LogP contribution is 2.49. The third kappa shape index (κ3) is 5.70. The third-order valence-corrected chi connectivity index (χ3v) is 10.8. The molecule has 0 saturated carbocycles. The van der Waals surface area contributed by atoms with Crippen LogP contribution < -0.4 is 4.90 Å². The van der Waals surface area contributed by atoms with Gasteiger partial charge in [-0.05, 0) is 60.7 Å². The molecule has 59 heavy (non-hydrogen) atoms. The van der Waals surface area contributed by atoms with Crippen molar-refractivity contribution >= 4 is 60.8 Å². The van der Waals surface area contributed by atoms with Crippen molar-refractivity contribution in [3.8, 4) is 45.9 Å². The number of anilines is 3. The molecule has 8 aromatic carbocycles. The average Bonchev–Trinajstić information content (AvgIpc) is 3.86. The van der Waals surface area contributed by atoms with E-state index in [0.29, 0.717) is 28.6 Å². The van der Waals surface area contributed by atoms with Gasteiger partial charge in [-0.1, -0.05) is 133 Å².